The van der Waals surface area contributed by atoms with Gasteiger partial charge in [-0.25, -0.2) is 4.98 Å². The van der Waals surface area contributed by atoms with Crippen molar-refractivity contribution >= 4 is 17.2 Å². The topological polar surface area (TPSA) is 58.8 Å². The number of carbonyl (C=O) groups excluding carboxylic acids is 1. The number of amides is 1. The molecule has 2 bridgehead atoms. The number of hydrogen-bond acceptors (Lipinski definition) is 6. The molecule has 2 saturated heterocycles. The fourth-order valence-corrected chi connectivity index (χ4v) is 4.45. The average molecular weight is 361 g/mol. The number of hydrogen-bond donors (Lipinski definition) is 0. The second kappa shape index (κ2) is 7.27. The Kier molecular flexibility index (Phi) is 4.87. The molecule has 0 unspecified atom stereocenters. The van der Waals surface area contributed by atoms with Crippen LogP contribution in [0.15, 0.2) is 27.6 Å². The lowest BCUT2D eigenvalue weighted by Crippen LogP contribution is -2.46. The quantitative estimate of drug-likeness (QED) is 0.836. The van der Waals surface area contributed by atoms with E-state index >= 15 is 0 Å². The fourth-order valence-electron chi connectivity index (χ4n) is 3.79. The summed E-state index contributed by atoms with van der Waals surface area (Å²) in [6.07, 6.45) is 2.04. The Bertz CT molecular complexity index is 715. The van der Waals surface area contributed by atoms with Crippen molar-refractivity contribution in [2.24, 2.45) is 5.92 Å². The molecule has 0 aromatic carbocycles. The van der Waals surface area contributed by atoms with Crippen molar-refractivity contribution in [2.45, 2.75) is 25.9 Å². The van der Waals surface area contributed by atoms with Gasteiger partial charge in [-0.3, -0.25) is 9.69 Å². The van der Waals surface area contributed by atoms with Crippen molar-refractivity contribution in [3.8, 4) is 0 Å². The van der Waals surface area contributed by atoms with Crippen LogP contribution in [0.2, 0.25) is 0 Å². The van der Waals surface area contributed by atoms with E-state index in [2.05, 4.69) is 26.7 Å². The minimum absolute atomic E-state index is 0.0246. The molecular weight excluding hydrogens is 338 g/mol. The molecule has 134 valence electrons. The first-order valence-electron chi connectivity index (χ1n) is 8.79. The molecule has 2 aliphatic rings. The Balaban J connectivity index is 1.55. The van der Waals surface area contributed by atoms with Crippen LogP contribution in [-0.2, 0) is 17.7 Å². The van der Waals surface area contributed by atoms with E-state index in [0.29, 0.717) is 37.0 Å². The van der Waals surface area contributed by atoms with E-state index in [4.69, 9.17) is 9.15 Å². The van der Waals surface area contributed by atoms with Gasteiger partial charge in [0, 0.05) is 38.5 Å². The molecule has 0 aliphatic carbocycles. The van der Waals surface area contributed by atoms with Gasteiger partial charge < -0.3 is 14.1 Å². The number of carbonyl (C=O) groups is 1. The van der Waals surface area contributed by atoms with E-state index in [-0.39, 0.29) is 11.9 Å². The number of aromatic nitrogens is 1. The number of oxazole rings is 1. The second-order valence-electron chi connectivity index (χ2n) is 6.82. The van der Waals surface area contributed by atoms with Crippen LogP contribution in [0.3, 0.4) is 0 Å². The minimum Gasteiger partial charge on any atom is -0.448 e. The highest BCUT2D eigenvalue weighted by atomic mass is 32.1. The van der Waals surface area contributed by atoms with Gasteiger partial charge in [0.05, 0.1) is 19.3 Å². The highest BCUT2D eigenvalue weighted by Gasteiger charge is 2.37. The van der Waals surface area contributed by atoms with Gasteiger partial charge in [-0.15, -0.1) is 0 Å². The number of fused-ring (bicyclic) bond motifs is 3. The maximum atomic E-state index is 13.1. The smallest absolute Gasteiger partial charge is 0.276 e. The number of rotatable bonds is 4. The number of aryl methyl sites for hydroxylation is 1. The molecule has 4 heterocycles. The molecule has 0 radical (unpaired) electrons. The van der Waals surface area contributed by atoms with Gasteiger partial charge in [-0.2, -0.15) is 11.3 Å². The molecule has 0 saturated carbocycles. The summed E-state index contributed by atoms with van der Waals surface area (Å²) in [5, 5.41) is 4.31. The summed E-state index contributed by atoms with van der Waals surface area (Å²) in [5.41, 5.74) is 1.80. The van der Waals surface area contributed by atoms with Gasteiger partial charge in [0.25, 0.3) is 5.91 Å². The SMILES string of the molecule is CCc1ocnc1C(=O)N1C[C@H]2COC[C@@H]1CN(Cc1ccsc1)C2. The summed E-state index contributed by atoms with van der Waals surface area (Å²) >= 11 is 1.73. The van der Waals surface area contributed by atoms with Gasteiger partial charge in [0.15, 0.2) is 12.1 Å². The molecule has 2 aromatic rings. The maximum Gasteiger partial charge on any atom is 0.276 e. The molecule has 1 amide bonds. The molecule has 4 rings (SSSR count). The Morgan fingerprint density at radius 3 is 3.08 bits per heavy atom. The van der Waals surface area contributed by atoms with Gasteiger partial charge in [0.2, 0.25) is 0 Å². The predicted molar refractivity (Wildman–Crippen MR) is 94.6 cm³/mol. The third-order valence-electron chi connectivity index (χ3n) is 4.96. The van der Waals surface area contributed by atoms with Gasteiger partial charge >= 0.3 is 0 Å². The first-order chi connectivity index (χ1) is 12.2. The van der Waals surface area contributed by atoms with Gasteiger partial charge in [-0.1, -0.05) is 6.92 Å². The van der Waals surface area contributed by atoms with Crippen molar-refractivity contribution < 1.29 is 13.9 Å². The molecule has 7 heteroatoms. The lowest BCUT2D eigenvalue weighted by molar-refractivity contribution is 0.0421. The lowest BCUT2D eigenvalue weighted by atomic mass is 10.1. The molecular formula is C18H23N3O3S. The third-order valence-corrected chi connectivity index (χ3v) is 5.69. The van der Waals surface area contributed by atoms with E-state index in [1.165, 1.54) is 12.0 Å². The highest BCUT2D eigenvalue weighted by Crippen LogP contribution is 2.24. The summed E-state index contributed by atoms with van der Waals surface area (Å²) in [4.78, 5) is 21.7. The highest BCUT2D eigenvalue weighted by molar-refractivity contribution is 7.07. The average Bonchev–Trinajstić information content (AvgIpc) is 3.19. The van der Waals surface area contributed by atoms with E-state index in [9.17, 15) is 4.79 Å². The van der Waals surface area contributed by atoms with Crippen LogP contribution < -0.4 is 0 Å². The molecule has 2 fully saturated rings. The van der Waals surface area contributed by atoms with Gasteiger partial charge in [-0.05, 0) is 22.4 Å². The van der Waals surface area contributed by atoms with E-state index in [1.807, 2.05) is 11.8 Å². The molecule has 0 N–H and O–H groups in total. The zero-order chi connectivity index (χ0) is 17.2. The Morgan fingerprint density at radius 1 is 1.36 bits per heavy atom. The monoisotopic (exact) mass is 361 g/mol. The van der Waals surface area contributed by atoms with Crippen LogP contribution in [0.5, 0.6) is 0 Å². The zero-order valence-electron chi connectivity index (χ0n) is 14.4. The second-order valence-corrected chi connectivity index (χ2v) is 7.60. The van der Waals surface area contributed by atoms with Crippen LogP contribution in [0.1, 0.15) is 28.7 Å². The molecule has 0 spiro atoms. The summed E-state index contributed by atoms with van der Waals surface area (Å²) in [7, 11) is 0. The number of thiophene rings is 1. The third kappa shape index (κ3) is 3.49. The zero-order valence-corrected chi connectivity index (χ0v) is 15.2. The standard InChI is InChI=1S/C18H23N3O3S/c1-2-16-17(19-12-24-16)18(22)21-7-14-6-20(5-13-3-4-25-11-13)8-15(21)10-23-9-14/h3-4,11-12,14-15H,2,5-10H2,1H3/t14-,15-/m0/s1. The lowest BCUT2D eigenvalue weighted by Gasteiger charge is -2.30. The molecule has 6 nitrogen and oxygen atoms in total. The molecule has 2 aromatic heterocycles. The summed E-state index contributed by atoms with van der Waals surface area (Å²) in [5.74, 6) is 0.968. The van der Waals surface area contributed by atoms with Crippen LogP contribution in [-0.4, -0.2) is 59.6 Å². The number of ether oxygens (including phenoxy) is 1. The van der Waals surface area contributed by atoms with Crippen molar-refractivity contribution in [2.75, 3.05) is 32.8 Å². The van der Waals surface area contributed by atoms with Crippen molar-refractivity contribution in [3.05, 3.63) is 40.2 Å². The first kappa shape index (κ1) is 16.8. The fraction of sp³-hybridized carbons (Fsp3) is 0.556. The van der Waals surface area contributed by atoms with Crippen molar-refractivity contribution in [1.82, 2.24) is 14.8 Å². The van der Waals surface area contributed by atoms with Crippen LogP contribution in [0.4, 0.5) is 0 Å². The van der Waals surface area contributed by atoms with E-state index in [0.717, 1.165) is 26.2 Å². The Labute approximate surface area is 151 Å². The molecule has 2 atom stereocenters. The normalized spacial score (nSPS) is 24.3. The minimum atomic E-state index is -0.0246. The van der Waals surface area contributed by atoms with Crippen molar-refractivity contribution in [1.29, 1.82) is 0 Å². The molecule has 2 aliphatic heterocycles. The summed E-state index contributed by atoms with van der Waals surface area (Å²) < 4.78 is 11.2. The Morgan fingerprint density at radius 2 is 2.28 bits per heavy atom. The van der Waals surface area contributed by atoms with E-state index in [1.54, 1.807) is 11.3 Å². The molecule has 25 heavy (non-hydrogen) atoms. The van der Waals surface area contributed by atoms with Crippen molar-refractivity contribution in [3.63, 3.8) is 0 Å². The van der Waals surface area contributed by atoms with Crippen LogP contribution in [0.25, 0.3) is 0 Å². The number of nitrogens with zero attached hydrogens (tertiary/aromatic N) is 3. The maximum absolute atomic E-state index is 13.1. The largest absolute Gasteiger partial charge is 0.448 e. The first-order valence-corrected chi connectivity index (χ1v) is 9.73. The van der Waals surface area contributed by atoms with Crippen LogP contribution in [0, 0.1) is 5.92 Å². The summed E-state index contributed by atoms with van der Waals surface area (Å²) in [6.45, 7) is 6.71. The van der Waals surface area contributed by atoms with Crippen LogP contribution >= 0.6 is 11.3 Å². The predicted octanol–water partition coefficient (Wildman–Crippen LogP) is 2.27. The summed E-state index contributed by atoms with van der Waals surface area (Å²) in [6, 6.07) is 2.23. The Hall–Kier alpha value is -1.70. The van der Waals surface area contributed by atoms with Gasteiger partial charge in [0.1, 0.15) is 5.76 Å². The van der Waals surface area contributed by atoms with E-state index < -0.39 is 0 Å².